The van der Waals surface area contributed by atoms with Crippen molar-refractivity contribution < 1.29 is 22.7 Å². The first-order valence-corrected chi connectivity index (χ1v) is 10.5. The molecule has 7 nitrogen and oxygen atoms in total. The molecule has 0 spiro atoms. The van der Waals surface area contributed by atoms with Gasteiger partial charge in [0.1, 0.15) is 5.75 Å². The maximum atomic E-state index is 13.3. The molecule has 1 fully saturated rings. The maximum absolute atomic E-state index is 13.3. The van der Waals surface area contributed by atoms with E-state index in [2.05, 4.69) is 20.7 Å². The number of hydrogen-bond acceptors (Lipinski definition) is 5. The minimum atomic E-state index is -4.52. The van der Waals surface area contributed by atoms with Gasteiger partial charge in [-0.2, -0.15) is 13.2 Å². The first-order chi connectivity index (χ1) is 15.7. The molecule has 1 amide bonds. The molecule has 1 saturated carbocycles. The monoisotopic (exact) mass is 459 g/mol. The van der Waals surface area contributed by atoms with Crippen LogP contribution in [-0.4, -0.2) is 34.3 Å². The highest BCUT2D eigenvalue weighted by atomic mass is 19.4. The first-order valence-electron chi connectivity index (χ1n) is 10.5. The van der Waals surface area contributed by atoms with E-state index in [-0.39, 0.29) is 23.8 Å². The second kappa shape index (κ2) is 9.13. The fourth-order valence-electron chi connectivity index (χ4n) is 3.40. The number of nitrogens with one attached hydrogen (secondary N) is 2. The highest BCUT2D eigenvalue weighted by Gasteiger charge is 2.31. The fourth-order valence-corrected chi connectivity index (χ4v) is 3.40. The normalized spacial score (nSPS) is 13.6. The van der Waals surface area contributed by atoms with Gasteiger partial charge in [-0.1, -0.05) is 0 Å². The molecule has 0 bridgehead atoms. The van der Waals surface area contributed by atoms with E-state index in [1.54, 1.807) is 23.0 Å². The number of rotatable bonds is 8. The topological polar surface area (TPSA) is 81.1 Å². The summed E-state index contributed by atoms with van der Waals surface area (Å²) in [5.74, 6) is 0.781. The zero-order chi connectivity index (χ0) is 23.6. The summed E-state index contributed by atoms with van der Waals surface area (Å²) in [7, 11) is 1.30. The van der Waals surface area contributed by atoms with Gasteiger partial charge in [-0.3, -0.25) is 9.78 Å². The van der Waals surface area contributed by atoms with Gasteiger partial charge in [-0.05, 0) is 49.9 Å². The van der Waals surface area contributed by atoms with Crippen LogP contribution in [0.15, 0.2) is 42.6 Å². The van der Waals surface area contributed by atoms with Gasteiger partial charge in [0.15, 0.2) is 5.82 Å². The summed E-state index contributed by atoms with van der Waals surface area (Å²) in [6, 6.07) is 8.59. The third kappa shape index (κ3) is 5.82. The molecule has 0 saturated heterocycles. The summed E-state index contributed by atoms with van der Waals surface area (Å²) in [5.41, 5.74) is 1.39. The van der Waals surface area contributed by atoms with Crippen molar-refractivity contribution >= 4 is 17.4 Å². The number of aryl methyl sites for hydroxylation is 1. The molecule has 0 aliphatic heterocycles. The van der Waals surface area contributed by atoms with E-state index >= 15 is 0 Å². The maximum Gasteiger partial charge on any atom is 0.416 e. The summed E-state index contributed by atoms with van der Waals surface area (Å²) in [6.45, 7) is 2.49. The number of nitrogens with zero attached hydrogens (tertiary/aromatic N) is 3. The molecule has 0 atom stereocenters. The zero-order valence-electron chi connectivity index (χ0n) is 18.2. The number of anilines is 2. The van der Waals surface area contributed by atoms with E-state index in [0.717, 1.165) is 30.7 Å². The summed E-state index contributed by atoms with van der Waals surface area (Å²) < 4.78 is 46.4. The lowest BCUT2D eigenvalue weighted by atomic mass is 10.1. The summed E-state index contributed by atoms with van der Waals surface area (Å²) >= 11 is 0. The molecule has 1 aromatic carbocycles. The van der Waals surface area contributed by atoms with Gasteiger partial charge in [-0.15, -0.1) is 5.10 Å². The Labute approximate surface area is 189 Å². The lowest BCUT2D eigenvalue weighted by Gasteiger charge is -2.12. The summed E-state index contributed by atoms with van der Waals surface area (Å²) in [5, 5.41) is 10.3. The minimum absolute atomic E-state index is 0.0659. The van der Waals surface area contributed by atoms with E-state index in [1.807, 2.05) is 13.0 Å². The Hall–Kier alpha value is -3.56. The van der Waals surface area contributed by atoms with Crippen LogP contribution >= 0.6 is 0 Å². The number of carbonyl (C=O) groups excluding carboxylic acids is 1. The molecule has 2 aromatic heterocycles. The molecule has 2 heterocycles. The van der Waals surface area contributed by atoms with Gasteiger partial charge in [0.05, 0.1) is 30.5 Å². The molecule has 0 radical (unpaired) electrons. The molecule has 2 N–H and O–H groups in total. The van der Waals surface area contributed by atoms with E-state index in [0.29, 0.717) is 29.7 Å². The standard InChI is InChI=1S/C23H24F3N5O2/c1-14-7-18(5-6-27-14)31-19(12-22(32)28-13-15-3-4-15)11-21(30-31)29-17-8-16(23(24,25)26)9-20(10-17)33-2/h5-11,15H,3-4,12-13H2,1-2H3,(H,28,32)(H,29,30). The van der Waals surface area contributed by atoms with Crippen LogP contribution in [-0.2, 0) is 17.4 Å². The van der Waals surface area contributed by atoms with Crippen LogP contribution in [0.3, 0.4) is 0 Å². The summed E-state index contributed by atoms with van der Waals surface area (Å²) in [6.07, 6.45) is -0.557. The van der Waals surface area contributed by atoms with Crippen molar-refractivity contribution in [1.82, 2.24) is 20.1 Å². The number of pyridine rings is 1. The van der Waals surface area contributed by atoms with Crippen LogP contribution in [0.25, 0.3) is 5.69 Å². The minimum Gasteiger partial charge on any atom is -0.497 e. The largest absolute Gasteiger partial charge is 0.497 e. The molecule has 3 aromatic rings. The van der Waals surface area contributed by atoms with Gasteiger partial charge in [0, 0.05) is 36.3 Å². The van der Waals surface area contributed by atoms with Gasteiger partial charge in [-0.25, -0.2) is 4.68 Å². The zero-order valence-corrected chi connectivity index (χ0v) is 18.2. The van der Waals surface area contributed by atoms with E-state index in [9.17, 15) is 18.0 Å². The molecule has 0 unspecified atom stereocenters. The SMILES string of the molecule is COc1cc(Nc2cc(CC(=O)NCC3CC3)n(-c3ccnc(C)c3)n2)cc(C(F)(F)F)c1. The van der Waals surface area contributed by atoms with Crippen molar-refractivity contribution in [2.45, 2.75) is 32.4 Å². The quantitative estimate of drug-likeness (QED) is 0.521. The van der Waals surface area contributed by atoms with Crippen molar-refractivity contribution in [3.63, 3.8) is 0 Å². The van der Waals surface area contributed by atoms with Gasteiger partial charge in [0.2, 0.25) is 5.91 Å². The van der Waals surface area contributed by atoms with Crippen LogP contribution in [0.2, 0.25) is 0 Å². The Morgan fingerprint density at radius 1 is 1.21 bits per heavy atom. The van der Waals surface area contributed by atoms with Crippen molar-refractivity contribution in [2.75, 3.05) is 19.0 Å². The third-order valence-electron chi connectivity index (χ3n) is 5.28. The molecule has 1 aliphatic carbocycles. The van der Waals surface area contributed by atoms with Gasteiger partial charge >= 0.3 is 6.18 Å². The number of alkyl halides is 3. The number of benzene rings is 1. The molecule has 174 valence electrons. The Balaban J connectivity index is 1.64. The molecule has 4 rings (SSSR count). The number of amides is 1. The van der Waals surface area contributed by atoms with Crippen molar-refractivity contribution in [3.8, 4) is 11.4 Å². The van der Waals surface area contributed by atoms with E-state index in [1.165, 1.54) is 13.2 Å². The van der Waals surface area contributed by atoms with Crippen LogP contribution in [0.5, 0.6) is 5.75 Å². The number of aromatic nitrogens is 3. The van der Waals surface area contributed by atoms with Crippen molar-refractivity contribution in [2.24, 2.45) is 5.92 Å². The second-order valence-electron chi connectivity index (χ2n) is 8.09. The lowest BCUT2D eigenvalue weighted by molar-refractivity contribution is -0.137. The second-order valence-corrected chi connectivity index (χ2v) is 8.09. The number of ether oxygens (including phenoxy) is 1. The van der Waals surface area contributed by atoms with Crippen LogP contribution in [0.1, 0.15) is 29.8 Å². The Bertz CT molecular complexity index is 1160. The Morgan fingerprint density at radius 2 is 2.00 bits per heavy atom. The highest BCUT2D eigenvalue weighted by Crippen LogP contribution is 2.35. The number of carbonyl (C=O) groups is 1. The van der Waals surface area contributed by atoms with Crippen LogP contribution < -0.4 is 15.4 Å². The molecule has 10 heteroatoms. The fraction of sp³-hybridized carbons (Fsp3) is 0.348. The number of hydrogen-bond donors (Lipinski definition) is 2. The molecular weight excluding hydrogens is 435 g/mol. The third-order valence-corrected chi connectivity index (χ3v) is 5.28. The molecule has 1 aliphatic rings. The average molecular weight is 459 g/mol. The van der Waals surface area contributed by atoms with E-state index in [4.69, 9.17) is 4.74 Å². The van der Waals surface area contributed by atoms with Gasteiger partial charge in [0.25, 0.3) is 0 Å². The summed E-state index contributed by atoms with van der Waals surface area (Å²) in [4.78, 5) is 16.7. The smallest absolute Gasteiger partial charge is 0.416 e. The van der Waals surface area contributed by atoms with Crippen LogP contribution in [0, 0.1) is 12.8 Å². The highest BCUT2D eigenvalue weighted by molar-refractivity contribution is 5.78. The van der Waals surface area contributed by atoms with Crippen LogP contribution in [0.4, 0.5) is 24.7 Å². The predicted molar refractivity (Wildman–Crippen MR) is 117 cm³/mol. The molecule has 33 heavy (non-hydrogen) atoms. The van der Waals surface area contributed by atoms with Crippen molar-refractivity contribution in [3.05, 3.63) is 59.5 Å². The Kier molecular flexibility index (Phi) is 6.26. The molecular formula is C23H24F3N5O2. The lowest BCUT2D eigenvalue weighted by Crippen LogP contribution is -2.27. The number of methoxy groups -OCH3 is 1. The predicted octanol–water partition coefficient (Wildman–Crippen LogP) is 4.42. The average Bonchev–Trinajstić information content (AvgIpc) is 3.52. The van der Waals surface area contributed by atoms with E-state index < -0.39 is 11.7 Å². The Morgan fingerprint density at radius 3 is 2.67 bits per heavy atom. The van der Waals surface area contributed by atoms with Crippen molar-refractivity contribution in [1.29, 1.82) is 0 Å². The first kappa shape index (κ1) is 22.6. The number of halogens is 3. The van der Waals surface area contributed by atoms with Gasteiger partial charge < -0.3 is 15.4 Å².